The summed E-state index contributed by atoms with van der Waals surface area (Å²) >= 11 is 0. The molecule has 1 aliphatic rings. The van der Waals surface area contributed by atoms with Crippen molar-refractivity contribution in [1.82, 2.24) is 8.87 Å². The monoisotopic (exact) mass is 336 g/mol. The zero-order chi connectivity index (χ0) is 15.8. The topological polar surface area (TPSA) is 114 Å². The lowest BCUT2D eigenvalue weighted by atomic mass is 10.4. The van der Waals surface area contributed by atoms with Crippen molar-refractivity contribution in [3.05, 3.63) is 18.0 Å². The molecule has 10 heteroatoms. The number of hydrogen-bond acceptors (Lipinski definition) is 5. The van der Waals surface area contributed by atoms with E-state index in [4.69, 9.17) is 5.11 Å². The summed E-state index contributed by atoms with van der Waals surface area (Å²) in [6.45, 7) is 1.82. The number of carboxylic acid groups (broad SMARTS) is 1. The number of carbonyl (C=O) groups is 1. The average molecular weight is 336 g/mol. The molecular weight excluding hydrogens is 320 g/mol. The Morgan fingerprint density at radius 3 is 2.33 bits per heavy atom. The molecule has 0 bridgehead atoms. The molecule has 21 heavy (non-hydrogen) atoms. The molecule has 118 valence electrons. The Labute approximate surface area is 123 Å². The first kappa shape index (κ1) is 16.0. The molecule has 1 aromatic rings. The second-order valence-corrected chi connectivity index (χ2v) is 8.95. The number of aromatic nitrogens is 1. The molecule has 0 amide bonds. The number of rotatable bonds is 4. The zero-order valence-corrected chi connectivity index (χ0v) is 13.0. The van der Waals surface area contributed by atoms with Crippen molar-refractivity contribution in [2.75, 3.05) is 24.6 Å². The molecule has 2 rings (SSSR count). The van der Waals surface area contributed by atoms with Gasteiger partial charge in [-0.05, 0) is 13.0 Å². The van der Waals surface area contributed by atoms with Crippen LogP contribution in [0.3, 0.4) is 0 Å². The summed E-state index contributed by atoms with van der Waals surface area (Å²) in [5.74, 6) is -1.64. The van der Waals surface area contributed by atoms with Crippen molar-refractivity contribution in [2.24, 2.45) is 0 Å². The number of aromatic carboxylic acids is 1. The zero-order valence-electron chi connectivity index (χ0n) is 11.4. The molecule has 1 N–H and O–H groups in total. The maximum Gasteiger partial charge on any atom is 0.352 e. The van der Waals surface area contributed by atoms with Crippen molar-refractivity contribution in [2.45, 2.75) is 18.4 Å². The standard InChI is InChI=1S/C11H16N2O6S2/c1-2-12-8-9(7-10(12)11(14)15)21(18,19)13-3-5-20(16,17)6-4-13/h7-8H,2-6H2,1H3,(H,14,15). The maximum absolute atomic E-state index is 12.4. The highest BCUT2D eigenvalue weighted by molar-refractivity contribution is 7.92. The first-order valence-corrected chi connectivity index (χ1v) is 9.57. The van der Waals surface area contributed by atoms with Crippen molar-refractivity contribution < 1.29 is 26.7 Å². The van der Waals surface area contributed by atoms with E-state index in [2.05, 4.69) is 0 Å². The molecule has 0 aromatic carbocycles. The van der Waals surface area contributed by atoms with Crippen molar-refractivity contribution in [1.29, 1.82) is 0 Å². The summed E-state index contributed by atoms with van der Waals surface area (Å²) in [7, 11) is -7.06. The van der Waals surface area contributed by atoms with Crippen LogP contribution in [-0.4, -0.2) is 61.4 Å². The summed E-state index contributed by atoms with van der Waals surface area (Å²) in [5.41, 5.74) is -0.110. The first-order chi connectivity index (χ1) is 9.67. The van der Waals surface area contributed by atoms with E-state index < -0.39 is 25.8 Å². The number of aryl methyl sites for hydroxylation is 1. The summed E-state index contributed by atoms with van der Waals surface area (Å²) in [6, 6.07) is 1.10. The molecule has 1 fully saturated rings. The van der Waals surface area contributed by atoms with Crippen LogP contribution >= 0.6 is 0 Å². The summed E-state index contributed by atoms with van der Waals surface area (Å²) in [5, 5.41) is 9.05. The van der Waals surface area contributed by atoms with Gasteiger partial charge in [-0.2, -0.15) is 4.31 Å². The Bertz CT molecular complexity index is 749. The van der Waals surface area contributed by atoms with E-state index in [1.165, 1.54) is 10.8 Å². The Hall–Kier alpha value is -1.39. The van der Waals surface area contributed by atoms with Crippen LogP contribution in [0.2, 0.25) is 0 Å². The van der Waals surface area contributed by atoms with Gasteiger partial charge in [-0.15, -0.1) is 0 Å². The highest BCUT2D eigenvalue weighted by atomic mass is 32.2. The summed E-state index contributed by atoms with van der Waals surface area (Å²) < 4.78 is 50.0. The SMILES string of the molecule is CCn1cc(S(=O)(=O)N2CCS(=O)(=O)CC2)cc1C(=O)O. The van der Waals surface area contributed by atoms with Crippen LogP contribution in [0.25, 0.3) is 0 Å². The van der Waals surface area contributed by atoms with Gasteiger partial charge < -0.3 is 9.67 Å². The van der Waals surface area contributed by atoms with Gasteiger partial charge in [0.05, 0.1) is 11.5 Å². The fourth-order valence-electron chi connectivity index (χ4n) is 2.15. The Kier molecular flexibility index (Phi) is 4.13. The van der Waals surface area contributed by atoms with Gasteiger partial charge >= 0.3 is 5.97 Å². The number of carboxylic acids is 1. The van der Waals surface area contributed by atoms with Crippen LogP contribution in [0.5, 0.6) is 0 Å². The van der Waals surface area contributed by atoms with E-state index in [0.717, 1.165) is 10.4 Å². The van der Waals surface area contributed by atoms with E-state index in [9.17, 15) is 21.6 Å². The van der Waals surface area contributed by atoms with Crippen LogP contribution in [0.15, 0.2) is 17.2 Å². The highest BCUT2D eigenvalue weighted by Crippen LogP contribution is 2.21. The van der Waals surface area contributed by atoms with Gasteiger partial charge in [0.15, 0.2) is 9.84 Å². The predicted octanol–water partition coefficient (Wildman–Crippen LogP) is -0.375. The Morgan fingerprint density at radius 2 is 1.90 bits per heavy atom. The summed E-state index contributed by atoms with van der Waals surface area (Å²) in [4.78, 5) is 10.9. The molecule has 0 unspecified atom stereocenters. The summed E-state index contributed by atoms with van der Waals surface area (Å²) in [6.07, 6.45) is 1.27. The lowest BCUT2D eigenvalue weighted by Crippen LogP contribution is -2.43. The fourth-order valence-corrected chi connectivity index (χ4v) is 5.07. The highest BCUT2D eigenvalue weighted by Gasteiger charge is 2.32. The molecule has 0 aliphatic carbocycles. The third-order valence-electron chi connectivity index (χ3n) is 3.37. The van der Waals surface area contributed by atoms with Crippen LogP contribution in [0, 0.1) is 0 Å². The molecular formula is C11H16N2O6S2. The van der Waals surface area contributed by atoms with Gasteiger partial charge in [0.1, 0.15) is 10.6 Å². The Balaban J connectivity index is 2.34. The first-order valence-electron chi connectivity index (χ1n) is 6.31. The quantitative estimate of drug-likeness (QED) is 0.802. The number of sulfone groups is 1. The van der Waals surface area contributed by atoms with Gasteiger partial charge in [-0.25, -0.2) is 21.6 Å². The molecule has 8 nitrogen and oxygen atoms in total. The average Bonchev–Trinajstić information content (AvgIpc) is 2.83. The minimum Gasteiger partial charge on any atom is -0.477 e. The lowest BCUT2D eigenvalue weighted by Gasteiger charge is -2.25. The van der Waals surface area contributed by atoms with Crippen LogP contribution < -0.4 is 0 Å². The Morgan fingerprint density at radius 1 is 1.33 bits per heavy atom. The van der Waals surface area contributed by atoms with E-state index in [1.807, 2.05) is 0 Å². The largest absolute Gasteiger partial charge is 0.477 e. The lowest BCUT2D eigenvalue weighted by molar-refractivity contribution is 0.0685. The molecule has 0 radical (unpaired) electrons. The van der Waals surface area contributed by atoms with Crippen LogP contribution in [0.1, 0.15) is 17.4 Å². The van der Waals surface area contributed by atoms with E-state index >= 15 is 0 Å². The van der Waals surface area contributed by atoms with Crippen molar-refractivity contribution >= 4 is 25.8 Å². The minimum absolute atomic E-state index is 0.107. The molecule has 1 saturated heterocycles. The molecule has 1 aliphatic heterocycles. The number of nitrogens with zero attached hydrogens (tertiary/aromatic N) is 2. The second kappa shape index (κ2) is 5.43. The van der Waals surface area contributed by atoms with Crippen LogP contribution in [-0.2, 0) is 26.4 Å². The third-order valence-corrected chi connectivity index (χ3v) is 6.85. The molecule has 0 saturated carbocycles. The van der Waals surface area contributed by atoms with Crippen molar-refractivity contribution in [3.8, 4) is 0 Å². The molecule has 0 atom stereocenters. The number of hydrogen-bond donors (Lipinski definition) is 1. The van der Waals surface area contributed by atoms with Gasteiger partial charge in [-0.3, -0.25) is 0 Å². The van der Waals surface area contributed by atoms with Crippen LogP contribution in [0.4, 0.5) is 0 Å². The normalized spacial score (nSPS) is 19.5. The fraction of sp³-hybridized carbons (Fsp3) is 0.545. The predicted molar refractivity (Wildman–Crippen MR) is 74.5 cm³/mol. The van der Waals surface area contributed by atoms with Crippen molar-refractivity contribution in [3.63, 3.8) is 0 Å². The van der Waals surface area contributed by atoms with E-state index in [0.29, 0.717) is 6.54 Å². The molecule has 0 spiro atoms. The van der Waals surface area contributed by atoms with Gasteiger partial charge in [0, 0.05) is 25.8 Å². The maximum atomic E-state index is 12.4. The molecule has 2 heterocycles. The van der Waals surface area contributed by atoms with E-state index in [-0.39, 0.29) is 35.2 Å². The van der Waals surface area contributed by atoms with Gasteiger partial charge in [-0.1, -0.05) is 0 Å². The minimum atomic E-state index is -3.87. The third kappa shape index (κ3) is 3.11. The second-order valence-electron chi connectivity index (χ2n) is 4.71. The number of sulfonamides is 1. The van der Waals surface area contributed by atoms with Gasteiger partial charge in [0.25, 0.3) is 0 Å². The smallest absolute Gasteiger partial charge is 0.352 e. The van der Waals surface area contributed by atoms with E-state index in [1.54, 1.807) is 6.92 Å². The van der Waals surface area contributed by atoms with Gasteiger partial charge in [0.2, 0.25) is 10.0 Å². The molecule has 1 aromatic heterocycles.